The summed E-state index contributed by atoms with van der Waals surface area (Å²) in [5.74, 6) is 0.834. The zero-order valence-electron chi connectivity index (χ0n) is 11.0. The van der Waals surface area contributed by atoms with Crippen LogP contribution >= 0.6 is 0 Å². The molecule has 0 spiro atoms. The second kappa shape index (κ2) is 5.16. The molecule has 0 atom stereocenters. The molecule has 3 rings (SSSR count). The molecule has 6 heteroatoms. The number of hydrogen-bond acceptors (Lipinski definition) is 6. The van der Waals surface area contributed by atoms with E-state index in [-0.39, 0.29) is 23.1 Å². The van der Waals surface area contributed by atoms with E-state index in [1.807, 2.05) is 0 Å². The number of rotatable bonds is 3. The van der Waals surface area contributed by atoms with Crippen molar-refractivity contribution in [3.8, 4) is 23.0 Å². The molecular formula is C15H13N3O3. The smallest absolute Gasteiger partial charge is 0.261 e. The summed E-state index contributed by atoms with van der Waals surface area (Å²) < 4.78 is 5.16. The Labute approximate surface area is 120 Å². The number of aromatic nitrogens is 2. The zero-order chi connectivity index (χ0) is 14.8. The Morgan fingerprint density at radius 1 is 1.05 bits per heavy atom. The number of nitrogen functional groups attached to an aromatic ring is 1. The third-order valence-corrected chi connectivity index (χ3v) is 3.06. The zero-order valence-corrected chi connectivity index (χ0v) is 11.0. The van der Waals surface area contributed by atoms with E-state index in [4.69, 9.17) is 10.3 Å². The molecule has 4 N–H and O–H groups in total. The second-order valence-electron chi connectivity index (χ2n) is 4.60. The first-order valence-corrected chi connectivity index (χ1v) is 6.32. The molecule has 0 aliphatic heterocycles. The van der Waals surface area contributed by atoms with Gasteiger partial charge in [-0.15, -0.1) is 0 Å². The molecule has 6 nitrogen and oxygen atoms in total. The van der Waals surface area contributed by atoms with E-state index in [1.165, 1.54) is 0 Å². The average Bonchev–Trinajstić information content (AvgIpc) is 2.93. The minimum Gasteiger partial charge on any atom is -0.508 e. The van der Waals surface area contributed by atoms with E-state index in [0.29, 0.717) is 17.8 Å². The van der Waals surface area contributed by atoms with Crippen LogP contribution in [0.1, 0.15) is 11.4 Å². The first-order chi connectivity index (χ1) is 10.1. The molecule has 0 bridgehead atoms. The van der Waals surface area contributed by atoms with Crippen LogP contribution in [0.25, 0.3) is 11.5 Å². The summed E-state index contributed by atoms with van der Waals surface area (Å²) in [7, 11) is 0. The fourth-order valence-electron chi connectivity index (χ4n) is 1.97. The average molecular weight is 283 g/mol. The summed E-state index contributed by atoms with van der Waals surface area (Å²) in [4.78, 5) is 4.24. The van der Waals surface area contributed by atoms with Crippen LogP contribution in [0.3, 0.4) is 0 Å². The Hall–Kier alpha value is -3.02. The largest absolute Gasteiger partial charge is 0.508 e. The van der Waals surface area contributed by atoms with Crippen molar-refractivity contribution in [3.63, 3.8) is 0 Å². The van der Waals surface area contributed by atoms with E-state index in [1.54, 1.807) is 42.5 Å². The molecule has 0 unspecified atom stereocenters. The Balaban J connectivity index is 1.86. The van der Waals surface area contributed by atoms with Crippen molar-refractivity contribution < 1.29 is 14.7 Å². The monoisotopic (exact) mass is 283 g/mol. The van der Waals surface area contributed by atoms with Crippen LogP contribution in [-0.4, -0.2) is 20.4 Å². The number of benzene rings is 2. The number of anilines is 1. The lowest BCUT2D eigenvalue weighted by molar-refractivity contribution is 0.419. The van der Waals surface area contributed by atoms with E-state index in [2.05, 4.69) is 10.1 Å². The lowest BCUT2D eigenvalue weighted by Gasteiger charge is -2.01. The van der Waals surface area contributed by atoms with Crippen LogP contribution in [0.5, 0.6) is 11.5 Å². The fourth-order valence-corrected chi connectivity index (χ4v) is 1.97. The molecule has 1 heterocycles. The van der Waals surface area contributed by atoms with Crippen molar-refractivity contribution in [3.05, 3.63) is 53.9 Å². The van der Waals surface area contributed by atoms with Crippen LogP contribution < -0.4 is 5.73 Å². The summed E-state index contributed by atoms with van der Waals surface area (Å²) in [6.07, 6.45) is 0.465. The molecule has 0 fully saturated rings. The van der Waals surface area contributed by atoms with Gasteiger partial charge in [0.2, 0.25) is 0 Å². The number of phenols is 2. The van der Waals surface area contributed by atoms with Gasteiger partial charge in [-0.1, -0.05) is 23.4 Å². The van der Waals surface area contributed by atoms with E-state index in [9.17, 15) is 10.2 Å². The van der Waals surface area contributed by atoms with Crippen LogP contribution in [-0.2, 0) is 6.42 Å². The number of aromatic hydroxyl groups is 2. The molecule has 0 saturated heterocycles. The van der Waals surface area contributed by atoms with Crippen molar-refractivity contribution in [1.82, 2.24) is 10.1 Å². The molecular weight excluding hydrogens is 270 g/mol. The quantitative estimate of drug-likeness (QED) is 0.503. The van der Waals surface area contributed by atoms with Crippen LogP contribution in [0.2, 0.25) is 0 Å². The number of phenolic OH excluding ortho intramolecular Hbond substituents is 2. The van der Waals surface area contributed by atoms with Gasteiger partial charge in [0.1, 0.15) is 5.75 Å². The van der Waals surface area contributed by atoms with E-state index in [0.717, 1.165) is 5.56 Å². The van der Waals surface area contributed by atoms with Crippen molar-refractivity contribution >= 4 is 5.69 Å². The SMILES string of the molecule is Nc1cccc(-c2nc(Cc3ccc(O)cc3)no2)c1O. The Morgan fingerprint density at radius 2 is 1.81 bits per heavy atom. The molecule has 0 amide bonds. The molecule has 0 aliphatic rings. The summed E-state index contributed by atoms with van der Waals surface area (Å²) in [6.45, 7) is 0. The standard InChI is InChI=1S/C15H13N3O3/c16-12-3-1-2-11(14(12)20)15-17-13(18-21-15)8-9-4-6-10(19)7-5-9/h1-7,19-20H,8,16H2. The van der Waals surface area contributed by atoms with Gasteiger partial charge in [-0.05, 0) is 29.8 Å². The summed E-state index contributed by atoms with van der Waals surface area (Å²) in [5.41, 5.74) is 7.24. The highest BCUT2D eigenvalue weighted by molar-refractivity contribution is 5.71. The predicted octanol–water partition coefficient (Wildman–Crippen LogP) is 2.32. The minimum absolute atomic E-state index is 0.0719. The van der Waals surface area contributed by atoms with Gasteiger partial charge in [0.25, 0.3) is 5.89 Å². The summed E-state index contributed by atoms with van der Waals surface area (Å²) >= 11 is 0. The summed E-state index contributed by atoms with van der Waals surface area (Å²) in [6, 6.07) is 11.7. The number of nitrogens with zero attached hydrogens (tertiary/aromatic N) is 2. The molecule has 2 aromatic carbocycles. The molecule has 1 aromatic heterocycles. The highest BCUT2D eigenvalue weighted by Crippen LogP contribution is 2.32. The normalized spacial score (nSPS) is 10.7. The van der Waals surface area contributed by atoms with Gasteiger partial charge < -0.3 is 20.5 Å². The van der Waals surface area contributed by atoms with Gasteiger partial charge in [-0.3, -0.25) is 0 Å². The lowest BCUT2D eigenvalue weighted by atomic mass is 10.1. The van der Waals surface area contributed by atoms with Crippen molar-refractivity contribution in [2.75, 3.05) is 5.73 Å². The van der Waals surface area contributed by atoms with Crippen molar-refractivity contribution in [2.24, 2.45) is 0 Å². The van der Waals surface area contributed by atoms with Gasteiger partial charge in [-0.25, -0.2) is 0 Å². The van der Waals surface area contributed by atoms with Crippen molar-refractivity contribution in [2.45, 2.75) is 6.42 Å². The summed E-state index contributed by atoms with van der Waals surface area (Å²) in [5, 5.41) is 23.0. The Morgan fingerprint density at radius 3 is 2.57 bits per heavy atom. The topological polar surface area (TPSA) is 105 Å². The maximum atomic E-state index is 9.90. The van der Waals surface area contributed by atoms with Gasteiger partial charge >= 0.3 is 0 Å². The van der Waals surface area contributed by atoms with Gasteiger partial charge in [-0.2, -0.15) is 4.98 Å². The molecule has 106 valence electrons. The first-order valence-electron chi connectivity index (χ1n) is 6.32. The lowest BCUT2D eigenvalue weighted by Crippen LogP contribution is -1.91. The fraction of sp³-hybridized carbons (Fsp3) is 0.0667. The molecule has 0 aliphatic carbocycles. The van der Waals surface area contributed by atoms with Crippen LogP contribution in [0, 0.1) is 0 Å². The third-order valence-electron chi connectivity index (χ3n) is 3.06. The Kier molecular flexibility index (Phi) is 3.19. The molecule has 0 saturated carbocycles. The number of nitrogens with two attached hydrogens (primary N) is 1. The maximum Gasteiger partial charge on any atom is 0.261 e. The third kappa shape index (κ3) is 2.64. The van der Waals surface area contributed by atoms with Crippen LogP contribution in [0.4, 0.5) is 5.69 Å². The van der Waals surface area contributed by atoms with E-state index < -0.39 is 0 Å². The van der Waals surface area contributed by atoms with Crippen LogP contribution in [0.15, 0.2) is 47.0 Å². The van der Waals surface area contributed by atoms with Gasteiger partial charge in [0.15, 0.2) is 11.6 Å². The highest BCUT2D eigenvalue weighted by atomic mass is 16.5. The highest BCUT2D eigenvalue weighted by Gasteiger charge is 2.14. The van der Waals surface area contributed by atoms with E-state index >= 15 is 0 Å². The number of hydrogen-bond donors (Lipinski definition) is 3. The first kappa shape index (κ1) is 13.0. The predicted molar refractivity (Wildman–Crippen MR) is 76.7 cm³/mol. The van der Waals surface area contributed by atoms with Gasteiger partial charge in [0.05, 0.1) is 11.3 Å². The minimum atomic E-state index is -0.0719. The molecule has 21 heavy (non-hydrogen) atoms. The molecule has 0 radical (unpaired) electrons. The number of para-hydroxylation sites is 1. The molecule has 3 aromatic rings. The Bertz CT molecular complexity index is 766. The van der Waals surface area contributed by atoms with Gasteiger partial charge in [0, 0.05) is 6.42 Å². The van der Waals surface area contributed by atoms with Crippen molar-refractivity contribution in [1.29, 1.82) is 0 Å². The maximum absolute atomic E-state index is 9.90. The second-order valence-corrected chi connectivity index (χ2v) is 4.60.